The summed E-state index contributed by atoms with van der Waals surface area (Å²) >= 11 is 14.4. The van der Waals surface area contributed by atoms with Gasteiger partial charge in [-0.15, -0.1) is 12.4 Å². The van der Waals surface area contributed by atoms with Crippen LogP contribution in [0.3, 0.4) is 0 Å². The number of aliphatic hydroxyl groups is 6. The van der Waals surface area contributed by atoms with Crippen molar-refractivity contribution in [2.75, 3.05) is 30.4 Å². The number of hydrogen-bond donors (Lipinski definition) is 9. The molecule has 430 valence electrons. The quantitative estimate of drug-likeness (QED) is 0.0266. The van der Waals surface area contributed by atoms with Gasteiger partial charge in [-0.05, 0) is 48.4 Å². The van der Waals surface area contributed by atoms with Crippen LogP contribution in [0, 0.1) is 39.9 Å². The van der Waals surface area contributed by atoms with Crippen LogP contribution in [-0.2, 0) is 52.0 Å². The third-order valence-electron chi connectivity index (χ3n) is 12.9. The number of nitrogens with zero attached hydrogens (tertiary/aromatic N) is 12. The van der Waals surface area contributed by atoms with Gasteiger partial charge in [-0.2, -0.15) is 65.5 Å². The Bertz CT molecular complexity index is 3180. The van der Waals surface area contributed by atoms with Crippen molar-refractivity contribution in [3.8, 4) is 18.2 Å². The van der Waals surface area contributed by atoms with E-state index in [-0.39, 0.29) is 164 Å². The van der Waals surface area contributed by atoms with Crippen molar-refractivity contribution in [1.29, 1.82) is 15.8 Å². The van der Waals surface area contributed by atoms with Crippen LogP contribution < -0.4 is 125 Å². The predicted molar refractivity (Wildman–Crippen MR) is 284 cm³/mol. The largest absolute Gasteiger partial charge is 1.00 e. The van der Waals surface area contributed by atoms with Crippen molar-refractivity contribution >= 4 is 92.2 Å². The number of fused-ring (bicyclic) bond motifs is 3. The number of ether oxygens (including phenoxy) is 4. The summed E-state index contributed by atoms with van der Waals surface area (Å²) in [6.45, 7) is 3.30. The van der Waals surface area contributed by atoms with E-state index in [4.69, 9.17) is 80.6 Å². The van der Waals surface area contributed by atoms with Gasteiger partial charge in [0.15, 0.2) is 17.5 Å². The van der Waals surface area contributed by atoms with Gasteiger partial charge in [-0.25, -0.2) is 28.5 Å². The number of carbonyl (C=O) groups excluding carboxylic acids is 1. The van der Waals surface area contributed by atoms with Gasteiger partial charge in [0, 0.05) is 5.92 Å². The molecule has 29 nitrogen and oxygen atoms in total. The molecule has 0 spiro atoms. The van der Waals surface area contributed by atoms with Crippen LogP contribution in [-0.4, -0.2) is 153 Å². The summed E-state index contributed by atoms with van der Waals surface area (Å²) < 4.78 is 27.8. The normalized spacial score (nSPS) is 26.4. The fraction of sp³-hybridized carbons (Fsp3) is 0.391. The summed E-state index contributed by atoms with van der Waals surface area (Å²) in [5.41, 5.74) is 16.1. The summed E-state index contributed by atoms with van der Waals surface area (Å²) in [6, 6.07) is 25.9. The fourth-order valence-electron chi connectivity index (χ4n) is 9.18. The molecule has 1 aromatic carbocycles. The first kappa shape index (κ1) is 74.5. The minimum atomic E-state index is -1.85. The first-order valence-electron chi connectivity index (χ1n) is 23.1. The number of nitriles is 3. The van der Waals surface area contributed by atoms with Crippen LogP contribution in [0.15, 0.2) is 85.7 Å². The van der Waals surface area contributed by atoms with E-state index in [9.17, 15) is 46.4 Å². The second-order valence-electron chi connectivity index (χ2n) is 17.2. The summed E-state index contributed by atoms with van der Waals surface area (Å²) in [4.78, 5) is 22.2. The maximum Gasteiger partial charge on any atom is 1.00 e. The number of nitrogens with two attached hydrogens (primary N) is 3. The molecule has 0 radical (unpaired) electrons. The molecule has 3 aliphatic rings. The monoisotopic (exact) mass is 1270 g/mol. The van der Waals surface area contributed by atoms with Crippen molar-refractivity contribution < 1.29 is 174 Å². The number of rotatable bonds is 10. The summed E-state index contributed by atoms with van der Waals surface area (Å²) in [5.74, 6) is 0.805. The van der Waals surface area contributed by atoms with E-state index in [1.165, 1.54) is 40.1 Å². The SMILES string of the molecule is CC[C@H]1O[C@@](C#N)(c2ccc3c(N)ncnn23)[C@H](OCc2ccccc2)[C@@H]1C.Cl.ClB(Cl)Cl.N#C[C@@]1(c2ccc3c(N)ncnn23)O[C@H](CO)[C@@H](O)[C@H]1O.N#C[C@@]1(c2ccc3c(N)ncnn23)O[C@H](CO)[C@@H](O)[C@H]1O.O.O=CO[O-].[H-].[K+].[K+]. The Morgan fingerprint density at radius 2 is 1.04 bits per heavy atom. The third kappa shape index (κ3) is 15.2. The second-order valence-corrected chi connectivity index (χ2v) is 19.1. The second kappa shape index (κ2) is 33.4. The average Bonchev–Trinajstić information content (AvgIpc) is 4.33. The van der Waals surface area contributed by atoms with Crippen molar-refractivity contribution in [2.45, 2.75) is 92.5 Å². The van der Waals surface area contributed by atoms with Gasteiger partial charge in [0.2, 0.25) is 16.8 Å². The predicted octanol–water partition coefficient (Wildman–Crippen LogP) is -6.81. The van der Waals surface area contributed by atoms with E-state index in [1.807, 2.05) is 54.6 Å². The zero-order valence-corrected chi connectivity index (χ0v) is 53.3. The molecule has 14 N–H and O–H groups in total. The van der Waals surface area contributed by atoms with Gasteiger partial charge in [0.05, 0.1) is 43.0 Å². The Kier molecular flexibility index (Phi) is 30.3. The summed E-state index contributed by atoms with van der Waals surface area (Å²) in [7, 11) is 0. The number of nitrogen functional groups attached to an aromatic ring is 3. The molecule has 82 heavy (non-hydrogen) atoms. The fourth-order valence-corrected chi connectivity index (χ4v) is 9.18. The topological polar surface area (TPSA) is 479 Å². The molecule has 3 fully saturated rings. The van der Waals surface area contributed by atoms with Gasteiger partial charge in [-0.1, -0.05) is 44.2 Å². The van der Waals surface area contributed by atoms with Crippen LogP contribution >= 0.6 is 46.8 Å². The molecule has 0 saturated carbocycles. The van der Waals surface area contributed by atoms with E-state index < -0.39 is 77.7 Å². The molecule has 0 aliphatic carbocycles. The van der Waals surface area contributed by atoms with E-state index in [0.29, 0.717) is 34.7 Å². The van der Waals surface area contributed by atoms with Crippen molar-refractivity contribution in [1.82, 2.24) is 43.8 Å². The minimum absolute atomic E-state index is 0. The van der Waals surface area contributed by atoms with Crippen molar-refractivity contribution in [2.24, 2.45) is 5.92 Å². The van der Waals surface area contributed by atoms with Crippen LogP contribution in [0.1, 0.15) is 44.3 Å². The number of hydrogen-bond acceptors (Lipinski definition) is 25. The number of aliphatic hydroxyl groups excluding tert-OH is 6. The smallest absolute Gasteiger partial charge is 1.00 e. The van der Waals surface area contributed by atoms with Crippen molar-refractivity contribution in [3.63, 3.8) is 0 Å². The summed E-state index contributed by atoms with van der Waals surface area (Å²) in [6.07, 6.45) is -3.93. The number of benzene rings is 1. The maximum atomic E-state index is 10.3. The van der Waals surface area contributed by atoms with E-state index in [2.05, 4.69) is 55.1 Å². The number of halogens is 4. The number of anilines is 3. The molecule has 3 saturated heterocycles. The van der Waals surface area contributed by atoms with Gasteiger partial charge in [-0.3, -0.25) is 4.79 Å². The standard InChI is InChI=1S/C21H23N5O2.2C12H13N5O4.CH2O3.BCl3.ClH.2K.H2O.H/c1-3-17-14(2)19(27-11-15-7-5-4-6-8-15)21(12-22,28-17)18-10-9-16-20(23)24-13-25-26(16)18;2*13-4-12(10(20)9(19)7(3-18)21-12)8-2-1-6-11(14)15-5-16-17(6)8;2-1-4-3;2-1(3)4;;;;;/h4-10,13-14,17,19H,3,11H2,1-2H3,(H2,23,24,25);2*1-2,5,7,9-10,18-20H,3H2,(H2,14,15,16);1,3H;;1H;;;1H2;/q;;;;;;2*+1;;-1/p-1/t14-,17-,19-,21+;2*7-,9-,10-,12+;;;;;;;/m111......./s1. The van der Waals surface area contributed by atoms with Crippen LogP contribution in [0.4, 0.5) is 17.5 Å². The first-order valence-corrected chi connectivity index (χ1v) is 24.4. The van der Waals surface area contributed by atoms with E-state index >= 15 is 0 Å². The van der Waals surface area contributed by atoms with Crippen molar-refractivity contribution in [3.05, 3.63) is 108 Å². The van der Waals surface area contributed by atoms with E-state index in [1.54, 1.807) is 16.6 Å². The Balaban J connectivity index is 0.000000573. The molecule has 6 aromatic heterocycles. The molecular formula is C46H54BCl4K2N15O14. The molecular weight excluding hydrogens is 1220 g/mol. The maximum absolute atomic E-state index is 10.3. The van der Waals surface area contributed by atoms with Gasteiger partial charge < -0.3 is 83.8 Å². The summed E-state index contributed by atoms with van der Waals surface area (Å²) in [5, 5.41) is 109. The Hall–Kier alpha value is -3.56. The third-order valence-corrected chi connectivity index (χ3v) is 12.9. The molecule has 7 aromatic rings. The Morgan fingerprint density at radius 1 is 0.695 bits per heavy atom. The first-order chi connectivity index (χ1) is 37.3. The van der Waals surface area contributed by atoms with Crippen LogP contribution in [0.25, 0.3) is 16.6 Å². The molecule has 10 rings (SSSR count). The van der Waals surface area contributed by atoms with Gasteiger partial charge in [0.1, 0.15) is 96.5 Å². The van der Waals surface area contributed by atoms with Crippen LogP contribution in [0.5, 0.6) is 0 Å². The molecule has 12 atom stereocenters. The van der Waals surface area contributed by atoms with Gasteiger partial charge >= 0.3 is 108 Å². The minimum Gasteiger partial charge on any atom is -1.00 e. The zero-order chi connectivity index (χ0) is 57.1. The molecule has 36 heteroatoms. The Morgan fingerprint density at radius 3 is 1.34 bits per heavy atom. The zero-order valence-electron chi connectivity index (χ0n) is 44.9. The van der Waals surface area contributed by atoms with Gasteiger partial charge in [0.25, 0.3) is 6.47 Å². The van der Waals surface area contributed by atoms with Crippen LogP contribution in [0.2, 0.25) is 0 Å². The Labute approximate surface area is 574 Å². The van der Waals surface area contributed by atoms with E-state index in [0.717, 1.165) is 12.0 Å². The number of carbonyl (C=O) groups is 1. The molecule has 0 unspecified atom stereocenters. The molecule has 3 aliphatic heterocycles. The molecule has 0 bridgehead atoms. The molecule has 9 heterocycles. The average molecular weight is 1270 g/mol. The number of aromatic nitrogens is 9. The molecule has 0 amide bonds.